The summed E-state index contributed by atoms with van der Waals surface area (Å²) in [6.07, 6.45) is 2.20. The molecule has 0 saturated carbocycles. The van der Waals surface area contributed by atoms with E-state index in [4.69, 9.17) is 0 Å². The summed E-state index contributed by atoms with van der Waals surface area (Å²) in [4.78, 5) is 24.2. The Morgan fingerprint density at radius 2 is 1.89 bits per heavy atom. The minimum absolute atomic E-state index is 0.115. The Morgan fingerprint density at radius 1 is 1.26 bits per heavy atom. The highest BCUT2D eigenvalue weighted by molar-refractivity contribution is 14.1. The number of benzene rings is 1. The molecule has 0 atom stereocenters. The number of halogens is 1. The fraction of sp³-hybridized carbons (Fsp3) is 0.182. The molecule has 0 spiro atoms. The van der Waals surface area contributed by atoms with Crippen molar-refractivity contribution in [2.75, 3.05) is 6.26 Å². The van der Waals surface area contributed by atoms with Gasteiger partial charge in [-0.1, -0.05) is 12.1 Å². The molecule has 2 rings (SSSR count). The van der Waals surface area contributed by atoms with E-state index < -0.39 is 9.84 Å². The van der Waals surface area contributed by atoms with Gasteiger partial charge in [-0.05, 0) is 34.7 Å². The topological polar surface area (TPSA) is 92.7 Å². The maximum atomic E-state index is 11.0. The number of amides is 2. The number of rotatable bonds is 1. The lowest BCUT2D eigenvalue weighted by molar-refractivity contribution is -0.127. The first-order valence-electron chi connectivity index (χ1n) is 5.10. The highest BCUT2D eigenvalue weighted by Crippen LogP contribution is 2.16. The summed E-state index contributed by atoms with van der Waals surface area (Å²) in [5.41, 5.74) is 0. The number of carbonyl (C=O) groups excluding carboxylic acids is 2. The van der Waals surface area contributed by atoms with Crippen LogP contribution >= 0.6 is 22.6 Å². The molecular weight excluding hydrogens is 383 g/mol. The van der Waals surface area contributed by atoms with Crippen molar-refractivity contribution in [3.05, 3.63) is 27.8 Å². The summed E-state index contributed by atoms with van der Waals surface area (Å²) >= 11 is 2.01. The van der Waals surface area contributed by atoms with Crippen molar-refractivity contribution in [1.29, 1.82) is 0 Å². The SMILES string of the molecule is CS(=O)(=O)c1ccccc1I.O=C1CC(=O)NC=N1. The third kappa shape index (κ3) is 5.47. The molecule has 1 aliphatic rings. The fourth-order valence-electron chi connectivity index (χ4n) is 1.16. The van der Waals surface area contributed by atoms with Crippen LogP contribution in [-0.4, -0.2) is 32.8 Å². The van der Waals surface area contributed by atoms with Crippen molar-refractivity contribution in [3.63, 3.8) is 0 Å². The second-order valence-corrected chi connectivity index (χ2v) is 6.75. The smallest absolute Gasteiger partial charge is 0.256 e. The normalized spacial score (nSPS) is 14.4. The molecule has 0 fully saturated rings. The van der Waals surface area contributed by atoms with Gasteiger partial charge in [0.25, 0.3) is 5.91 Å². The van der Waals surface area contributed by atoms with Gasteiger partial charge in [-0.15, -0.1) is 0 Å². The zero-order valence-corrected chi connectivity index (χ0v) is 12.9. The molecule has 1 N–H and O–H groups in total. The van der Waals surface area contributed by atoms with E-state index in [-0.39, 0.29) is 18.2 Å². The number of nitrogens with zero attached hydrogens (tertiary/aromatic N) is 1. The molecule has 0 saturated heterocycles. The van der Waals surface area contributed by atoms with E-state index in [0.29, 0.717) is 4.90 Å². The third-order valence-electron chi connectivity index (χ3n) is 1.98. The first-order valence-corrected chi connectivity index (χ1v) is 8.07. The molecule has 0 bridgehead atoms. The molecule has 1 aliphatic heterocycles. The molecule has 1 aromatic rings. The van der Waals surface area contributed by atoms with Crippen LogP contribution in [-0.2, 0) is 19.4 Å². The van der Waals surface area contributed by atoms with E-state index >= 15 is 0 Å². The van der Waals surface area contributed by atoms with Gasteiger partial charge in [0.15, 0.2) is 9.84 Å². The first-order chi connectivity index (χ1) is 8.80. The maximum absolute atomic E-state index is 11.0. The van der Waals surface area contributed by atoms with Crippen LogP contribution in [0.5, 0.6) is 0 Å². The van der Waals surface area contributed by atoms with Crippen LogP contribution in [0.25, 0.3) is 0 Å². The number of sulfone groups is 1. The average molecular weight is 394 g/mol. The Bertz CT molecular complexity index is 625. The molecule has 0 unspecified atom stereocenters. The summed E-state index contributed by atoms with van der Waals surface area (Å²) in [5, 5.41) is 2.26. The number of carbonyl (C=O) groups is 2. The minimum Gasteiger partial charge on any atom is -0.316 e. The van der Waals surface area contributed by atoms with Crippen molar-refractivity contribution in [3.8, 4) is 0 Å². The van der Waals surface area contributed by atoms with Crippen LogP contribution in [0.15, 0.2) is 34.2 Å². The van der Waals surface area contributed by atoms with E-state index in [1.165, 1.54) is 6.26 Å². The van der Waals surface area contributed by atoms with E-state index in [9.17, 15) is 18.0 Å². The number of hydrogen-bond acceptors (Lipinski definition) is 4. The van der Waals surface area contributed by atoms with Gasteiger partial charge in [0.1, 0.15) is 6.42 Å². The summed E-state index contributed by atoms with van der Waals surface area (Å²) in [6.45, 7) is 0. The molecule has 2 amide bonds. The van der Waals surface area contributed by atoms with Gasteiger partial charge in [-0.2, -0.15) is 0 Å². The van der Waals surface area contributed by atoms with Crippen LogP contribution in [0.2, 0.25) is 0 Å². The molecular formula is C11H11IN2O4S. The van der Waals surface area contributed by atoms with Crippen LogP contribution in [0, 0.1) is 3.57 Å². The standard InChI is InChI=1S/C7H7IO2S.C4H4N2O2/c1-11(9,10)7-5-3-2-4-6(7)8;7-3-1-4(8)6-2-5-3/h2-5H,1H3;2H,1H2,(H,5,6,7,8). The van der Waals surface area contributed by atoms with Gasteiger partial charge in [-0.3, -0.25) is 9.59 Å². The number of nitrogens with one attached hydrogen (secondary N) is 1. The molecule has 1 heterocycles. The largest absolute Gasteiger partial charge is 0.316 e. The van der Waals surface area contributed by atoms with Crippen LogP contribution < -0.4 is 5.32 Å². The minimum atomic E-state index is -3.04. The van der Waals surface area contributed by atoms with Crippen LogP contribution in [0.1, 0.15) is 6.42 Å². The van der Waals surface area contributed by atoms with E-state index in [2.05, 4.69) is 10.3 Å². The number of hydrogen-bond donors (Lipinski definition) is 1. The van der Waals surface area contributed by atoms with Crippen molar-refractivity contribution in [1.82, 2.24) is 5.32 Å². The molecule has 0 radical (unpaired) electrons. The predicted molar refractivity (Wildman–Crippen MR) is 78.5 cm³/mol. The van der Waals surface area contributed by atoms with E-state index in [1.54, 1.807) is 18.2 Å². The van der Waals surface area contributed by atoms with Crippen molar-refractivity contribution in [2.45, 2.75) is 11.3 Å². The van der Waals surface area contributed by atoms with Crippen molar-refractivity contribution < 1.29 is 18.0 Å². The Balaban J connectivity index is 0.000000200. The average Bonchev–Trinajstić information content (AvgIpc) is 2.28. The van der Waals surface area contributed by atoms with Crippen LogP contribution in [0.4, 0.5) is 0 Å². The highest BCUT2D eigenvalue weighted by Gasteiger charge is 2.10. The van der Waals surface area contributed by atoms with E-state index in [0.717, 1.165) is 9.91 Å². The second kappa shape index (κ2) is 6.75. The lowest BCUT2D eigenvalue weighted by Crippen LogP contribution is -2.28. The van der Waals surface area contributed by atoms with E-state index in [1.807, 2.05) is 28.7 Å². The molecule has 0 aliphatic carbocycles. The van der Waals surface area contributed by atoms with Gasteiger partial charge in [-0.25, -0.2) is 13.4 Å². The predicted octanol–water partition coefficient (Wildman–Crippen LogP) is 0.756. The molecule has 0 aromatic heterocycles. The molecule has 8 heteroatoms. The maximum Gasteiger partial charge on any atom is 0.256 e. The van der Waals surface area contributed by atoms with Gasteiger partial charge in [0, 0.05) is 9.83 Å². The zero-order chi connectivity index (χ0) is 14.5. The Hall–Kier alpha value is -1.29. The first kappa shape index (κ1) is 15.8. The Kier molecular flexibility index (Phi) is 5.60. The summed E-state index contributed by atoms with van der Waals surface area (Å²) < 4.78 is 22.9. The number of aliphatic imine (C=N–C) groups is 1. The van der Waals surface area contributed by atoms with Gasteiger partial charge >= 0.3 is 0 Å². The molecule has 1 aromatic carbocycles. The molecule has 6 nitrogen and oxygen atoms in total. The Labute approximate surface area is 124 Å². The zero-order valence-electron chi connectivity index (χ0n) is 9.96. The summed E-state index contributed by atoms with van der Waals surface area (Å²) in [6, 6.07) is 6.92. The van der Waals surface area contributed by atoms with Gasteiger partial charge in [0.2, 0.25) is 5.91 Å². The third-order valence-corrected chi connectivity index (χ3v) is 4.44. The van der Waals surface area contributed by atoms with Crippen LogP contribution in [0.3, 0.4) is 0 Å². The Morgan fingerprint density at radius 3 is 2.26 bits per heavy atom. The summed E-state index contributed by atoms with van der Waals surface area (Å²) in [7, 11) is -3.04. The lowest BCUT2D eigenvalue weighted by Gasteiger charge is -1.99. The van der Waals surface area contributed by atoms with Gasteiger partial charge in [0.05, 0.1) is 11.2 Å². The monoisotopic (exact) mass is 394 g/mol. The highest BCUT2D eigenvalue weighted by atomic mass is 127. The molecule has 102 valence electrons. The fourth-order valence-corrected chi connectivity index (χ4v) is 3.49. The quantitative estimate of drug-likeness (QED) is 0.562. The summed E-state index contributed by atoms with van der Waals surface area (Å²) in [5.74, 6) is -0.668. The van der Waals surface area contributed by atoms with Gasteiger partial charge < -0.3 is 5.32 Å². The lowest BCUT2D eigenvalue weighted by atomic mass is 10.4. The van der Waals surface area contributed by atoms with Crippen molar-refractivity contribution >= 4 is 50.6 Å². The second-order valence-electron chi connectivity index (χ2n) is 3.60. The van der Waals surface area contributed by atoms with Crippen molar-refractivity contribution in [2.24, 2.45) is 4.99 Å². The molecule has 19 heavy (non-hydrogen) atoms.